The van der Waals surface area contributed by atoms with E-state index >= 15 is 0 Å². The van der Waals surface area contributed by atoms with E-state index < -0.39 is 49.5 Å². The Morgan fingerprint density at radius 2 is 0.849 bits per heavy atom. The number of rotatable bonds is 47. The highest BCUT2D eigenvalue weighted by atomic mass is 16.7. The Morgan fingerprint density at radius 3 is 1.26 bits per heavy atom. The molecule has 1 aliphatic rings. The van der Waals surface area contributed by atoms with E-state index in [0.29, 0.717) is 12.8 Å². The molecule has 1 saturated heterocycles. The predicted molar refractivity (Wildman–Crippen MR) is 308 cm³/mol. The van der Waals surface area contributed by atoms with Gasteiger partial charge in [-0.25, -0.2) is 0 Å². The van der Waals surface area contributed by atoms with Crippen LogP contribution in [0.4, 0.5) is 0 Å². The van der Waals surface area contributed by atoms with Gasteiger partial charge in [-0.3, -0.25) is 4.79 Å². The van der Waals surface area contributed by atoms with Crippen molar-refractivity contribution in [3.8, 4) is 0 Å². The van der Waals surface area contributed by atoms with Crippen LogP contribution in [0.3, 0.4) is 0 Å². The minimum absolute atomic E-state index is 0.150. The van der Waals surface area contributed by atoms with Crippen molar-refractivity contribution < 1.29 is 39.8 Å². The Balaban J connectivity index is 2.12. The summed E-state index contributed by atoms with van der Waals surface area (Å²) in [4.78, 5) is 13.0. The zero-order valence-electron chi connectivity index (χ0n) is 45.8. The van der Waals surface area contributed by atoms with Crippen LogP contribution in [0.25, 0.3) is 0 Å². The molecule has 1 amide bonds. The van der Waals surface area contributed by atoms with Crippen molar-refractivity contribution >= 4 is 5.91 Å². The fourth-order valence-corrected chi connectivity index (χ4v) is 8.22. The number of allylic oxidation sites excluding steroid dienone is 22. The Hall–Kier alpha value is -3.67. The van der Waals surface area contributed by atoms with E-state index in [1.807, 2.05) is 0 Å². The van der Waals surface area contributed by atoms with Crippen LogP contribution >= 0.6 is 0 Å². The molecule has 414 valence electrons. The predicted octanol–water partition coefficient (Wildman–Crippen LogP) is 14.5. The Kier molecular flexibility index (Phi) is 47.8. The number of ether oxygens (including phenoxy) is 2. The van der Waals surface area contributed by atoms with Gasteiger partial charge in [0.2, 0.25) is 5.91 Å². The topological polar surface area (TPSA) is 149 Å². The first-order valence-electron chi connectivity index (χ1n) is 28.9. The molecule has 1 heterocycles. The van der Waals surface area contributed by atoms with Crippen LogP contribution in [-0.4, -0.2) is 87.5 Å². The summed E-state index contributed by atoms with van der Waals surface area (Å²) < 4.78 is 11.2. The molecule has 0 aliphatic carbocycles. The van der Waals surface area contributed by atoms with E-state index in [1.54, 1.807) is 0 Å². The van der Waals surface area contributed by atoms with Gasteiger partial charge in [0.25, 0.3) is 0 Å². The molecule has 0 spiro atoms. The van der Waals surface area contributed by atoms with Crippen LogP contribution in [0.5, 0.6) is 0 Å². The number of carbonyl (C=O) groups is 1. The van der Waals surface area contributed by atoms with Crippen LogP contribution < -0.4 is 5.32 Å². The summed E-state index contributed by atoms with van der Waals surface area (Å²) in [5, 5.41) is 54.3. The summed E-state index contributed by atoms with van der Waals surface area (Å²) in [6.07, 6.45) is 72.1. The summed E-state index contributed by atoms with van der Waals surface area (Å²) in [5.74, 6) is -0.164. The molecule has 0 bridgehead atoms. The molecule has 0 aromatic carbocycles. The van der Waals surface area contributed by atoms with Gasteiger partial charge in [0, 0.05) is 6.42 Å². The molecular weight excluding hydrogens is 911 g/mol. The summed E-state index contributed by atoms with van der Waals surface area (Å²) in [5.41, 5.74) is 0. The second-order valence-electron chi connectivity index (χ2n) is 19.4. The molecule has 0 saturated carbocycles. The number of hydrogen-bond donors (Lipinski definition) is 6. The van der Waals surface area contributed by atoms with Crippen molar-refractivity contribution in [2.75, 3.05) is 13.2 Å². The molecule has 6 N–H and O–H groups in total. The van der Waals surface area contributed by atoms with Crippen LogP contribution in [0.1, 0.15) is 206 Å². The molecule has 0 aromatic rings. The van der Waals surface area contributed by atoms with Gasteiger partial charge in [-0.2, -0.15) is 0 Å². The van der Waals surface area contributed by atoms with Gasteiger partial charge < -0.3 is 40.3 Å². The molecule has 1 aliphatic heterocycles. The SMILES string of the molecule is CC/C=C\C/C=C\C/C=C\C/C=C\C/C=C\C/C=C\C/C=C\C/C=C\C/C=C\C/C=C\C/C=C\CCCCCCCCCC(=O)NC(COC1OC(CO)C(O)C(O)C1O)C(O)CCCCCCCCCCC. The highest BCUT2D eigenvalue weighted by molar-refractivity contribution is 5.76. The monoisotopic (exact) mass is 1020 g/mol. The summed E-state index contributed by atoms with van der Waals surface area (Å²) in [7, 11) is 0. The Labute approximate surface area is 445 Å². The lowest BCUT2D eigenvalue weighted by atomic mass is 9.99. The van der Waals surface area contributed by atoms with Crippen molar-refractivity contribution in [2.45, 2.75) is 249 Å². The summed E-state index contributed by atoms with van der Waals surface area (Å²) >= 11 is 0. The van der Waals surface area contributed by atoms with E-state index in [1.165, 1.54) is 57.8 Å². The maximum Gasteiger partial charge on any atom is 0.220 e. The number of carbonyl (C=O) groups excluding carboxylic acids is 1. The first-order valence-corrected chi connectivity index (χ1v) is 28.9. The summed E-state index contributed by atoms with van der Waals surface area (Å²) in [6, 6.07) is -0.732. The highest BCUT2D eigenvalue weighted by Crippen LogP contribution is 2.23. The maximum absolute atomic E-state index is 13.0. The average Bonchev–Trinajstić information content (AvgIpc) is 3.39. The Bertz CT molecular complexity index is 1600. The van der Waals surface area contributed by atoms with Crippen molar-refractivity contribution in [1.29, 1.82) is 0 Å². The minimum Gasteiger partial charge on any atom is -0.394 e. The van der Waals surface area contributed by atoms with E-state index in [0.717, 1.165) is 122 Å². The fraction of sp³-hybridized carbons (Fsp3) is 0.641. The van der Waals surface area contributed by atoms with E-state index in [-0.39, 0.29) is 12.5 Å². The van der Waals surface area contributed by atoms with Crippen LogP contribution in [0.15, 0.2) is 134 Å². The van der Waals surface area contributed by atoms with Gasteiger partial charge in [-0.15, -0.1) is 0 Å². The normalized spacial score (nSPS) is 20.1. The van der Waals surface area contributed by atoms with Gasteiger partial charge in [-0.05, 0) is 96.3 Å². The lowest BCUT2D eigenvalue weighted by Crippen LogP contribution is -2.60. The van der Waals surface area contributed by atoms with Crippen molar-refractivity contribution in [3.05, 3.63) is 134 Å². The molecule has 7 atom stereocenters. The van der Waals surface area contributed by atoms with Gasteiger partial charge in [0.15, 0.2) is 6.29 Å². The number of unbranched alkanes of at least 4 members (excludes halogenated alkanes) is 15. The third kappa shape index (κ3) is 41.3. The van der Waals surface area contributed by atoms with Crippen LogP contribution in [0.2, 0.25) is 0 Å². The first-order chi connectivity index (χ1) is 35.8. The van der Waals surface area contributed by atoms with Crippen molar-refractivity contribution in [3.63, 3.8) is 0 Å². The molecule has 1 rings (SSSR count). The van der Waals surface area contributed by atoms with E-state index in [4.69, 9.17) is 9.47 Å². The molecule has 0 aromatic heterocycles. The highest BCUT2D eigenvalue weighted by Gasteiger charge is 2.44. The second kappa shape index (κ2) is 51.8. The zero-order chi connectivity index (χ0) is 52.9. The average molecular weight is 1020 g/mol. The number of nitrogens with one attached hydrogen (secondary N) is 1. The smallest absolute Gasteiger partial charge is 0.220 e. The molecule has 9 heteroatoms. The molecule has 73 heavy (non-hydrogen) atoms. The second-order valence-corrected chi connectivity index (χ2v) is 19.4. The lowest BCUT2D eigenvalue weighted by Gasteiger charge is -2.40. The standard InChI is InChI=1S/C64H105NO8/c1-3-5-7-9-11-13-14-15-16-17-18-19-20-21-22-23-24-25-26-27-28-29-30-31-32-33-34-35-36-37-38-39-40-41-42-43-44-46-48-50-52-54-60(68)65-57(58(67)53-51-49-47-45-12-10-8-6-4-2)56-72-64-63(71)62(70)61(69)59(55-66)73-64/h5,7,11,13,15-16,18-19,21-22,24-25,27-28,30-31,33-34,36-37,39-40,57-59,61-64,66-67,69-71H,3-4,6,8-10,12,14,17,20,23,26,29,32,35,38,41-56H2,1-2H3,(H,65,68)/b7-5-,13-11-,16-15-,19-18-,22-21-,25-24-,28-27-,31-30-,34-33-,37-36-,40-39-. The quantitative estimate of drug-likeness (QED) is 0.0261. The van der Waals surface area contributed by atoms with Gasteiger partial charge in [0.05, 0.1) is 25.4 Å². The Morgan fingerprint density at radius 1 is 0.479 bits per heavy atom. The third-order valence-electron chi connectivity index (χ3n) is 12.8. The van der Waals surface area contributed by atoms with E-state index in [9.17, 15) is 30.3 Å². The number of aliphatic hydroxyl groups excluding tert-OH is 5. The van der Waals surface area contributed by atoms with Crippen molar-refractivity contribution in [1.82, 2.24) is 5.32 Å². The number of hydrogen-bond acceptors (Lipinski definition) is 8. The maximum atomic E-state index is 13.0. The first kappa shape index (κ1) is 67.3. The largest absolute Gasteiger partial charge is 0.394 e. The minimum atomic E-state index is -1.56. The molecule has 0 radical (unpaired) electrons. The van der Waals surface area contributed by atoms with Crippen LogP contribution in [0, 0.1) is 0 Å². The number of amides is 1. The van der Waals surface area contributed by atoms with Crippen molar-refractivity contribution in [2.24, 2.45) is 0 Å². The van der Waals surface area contributed by atoms with Crippen LogP contribution in [-0.2, 0) is 14.3 Å². The lowest BCUT2D eigenvalue weighted by molar-refractivity contribution is -0.302. The molecule has 1 fully saturated rings. The van der Waals surface area contributed by atoms with Gasteiger partial charge >= 0.3 is 0 Å². The molecule has 9 nitrogen and oxygen atoms in total. The summed E-state index contributed by atoms with van der Waals surface area (Å²) in [6.45, 7) is 3.67. The third-order valence-corrected chi connectivity index (χ3v) is 12.8. The number of aliphatic hydroxyl groups is 5. The fourth-order valence-electron chi connectivity index (χ4n) is 8.22. The zero-order valence-corrected chi connectivity index (χ0v) is 45.8. The molecular formula is C64H105NO8. The molecule has 7 unspecified atom stereocenters. The van der Waals surface area contributed by atoms with Gasteiger partial charge in [0.1, 0.15) is 24.4 Å². The van der Waals surface area contributed by atoms with E-state index in [2.05, 4.69) is 153 Å². The van der Waals surface area contributed by atoms with Gasteiger partial charge in [-0.1, -0.05) is 237 Å².